The number of aliphatic carboxylic acids is 1. The standard InChI is InChI=1S/C21H41NO3/c1-5-6-7-8-9-10-11-12-13-14-15-16-17-18-19(23)20(21(24)25)22(2,3)4/h17-20,23H,5-16H2,1-4H3/p+1/b18-17+/t19-,20-/m1/s1. The molecule has 0 saturated carbocycles. The summed E-state index contributed by atoms with van der Waals surface area (Å²) in [4.78, 5) is 11.3. The number of aliphatic hydroxyl groups is 1. The molecule has 0 aliphatic heterocycles. The summed E-state index contributed by atoms with van der Waals surface area (Å²) in [7, 11) is 5.37. The molecule has 0 spiro atoms. The Morgan fingerprint density at radius 1 is 0.880 bits per heavy atom. The summed E-state index contributed by atoms with van der Waals surface area (Å²) in [6.45, 7) is 2.25. The van der Waals surface area contributed by atoms with E-state index in [9.17, 15) is 15.0 Å². The molecule has 0 amide bonds. The second-order valence-corrected chi connectivity index (χ2v) is 8.14. The van der Waals surface area contributed by atoms with Crippen molar-refractivity contribution in [2.24, 2.45) is 0 Å². The van der Waals surface area contributed by atoms with E-state index in [0.29, 0.717) is 0 Å². The minimum Gasteiger partial charge on any atom is -0.477 e. The molecule has 0 aromatic rings. The van der Waals surface area contributed by atoms with Crippen LogP contribution >= 0.6 is 0 Å². The third-order valence-electron chi connectivity index (χ3n) is 4.72. The van der Waals surface area contributed by atoms with E-state index in [-0.39, 0.29) is 4.48 Å². The third-order valence-corrected chi connectivity index (χ3v) is 4.72. The van der Waals surface area contributed by atoms with E-state index in [1.165, 1.54) is 64.2 Å². The molecule has 4 heteroatoms. The average Bonchev–Trinajstić information content (AvgIpc) is 2.50. The van der Waals surface area contributed by atoms with Crippen LogP contribution in [0, 0.1) is 0 Å². The number of allylic oxidation sites excluding steroid dienone is 1. The molecule has 148 valence electrons. The maximum absolute atomic E-state index is 11.3. The van der Waals surface area contributed by atoms with Crippen molar-refractivity contribution in [1.29, 1.82) is 0 Å². The molecule has 0 aromatic carbocycles. The predicted octanol–water partition coefficient (Wildman–Crippen LogP) is 4.76. The zero-order chi connectivity index (χ0) is 19.1. The number of aliphatic hydroxyl groups excluding tert-OH is 1. The van der Waals surface area contributed by atoms with E-state index >= 15 is 0 Å². The highest BCUT2D eigenvalue weighted by atomic mass is 16.4. The van der Waals surface area contributed by atoms with Gasteiger partial charge in [-0.15, -0.1) is 0 Å². The lowest BCUT2D eigenvalue weighted by Crippen LogP contribution is -2.55. The summed E-state index contributed by atoms with van der Waals surface area (Å²) >= 11 is 0. The highest BCUT2D eigenvalue weighted by Gasteiger charge is 2.36. The van der Waals surface area contributed by atoms with Crippen LogP contribution < -0.4 is 0 Å². The second-order valence-electron chi connectivity index (χ2n) is 8.14. The zero-order valence-corrected chi connectivity index (χ0v) is 17.0. The topological polar surface area (TPSA) is 57.5 Å². The largest absolute Gasteiger partial charge is 0.477 e. The first-order valence-corrected chi connectivity index (χ1v) is 10.2. The van der Waals surface area contributed by atoms with Crippen molar-refractivity contribution >= 4 is 5.97 Å². The number of quaternary nitrogens is 1. The third kappa shape index (κ3) is 13.1. The van der Waals surface area contributed by atoms with E-state index in [1.54, 1.807) is 27.2 Å². The first kappa shape index (κ1) is 24.1. The number of carboxylic acid groups (broad SMARTS) is 1. The molecule has 4 nitrogen and oxygen atoms in total. The first-order valence-electron chi connectivity index (χ1n) is 10.2. The average molecular weight is 357 g/mol. The highest BCUT2D eigenvalue weighted by molar-refractivity contribution is 5.73. The van der Waals surface area contributed by atoms with E-state index < -0.39 is 18.1 Å². The summed E-state index contributed by atoms with van der Waals surface area (Å²) in [5, 5.41) is 19.4. The van der Waals surface area contributed by atoms with Crippen LogP contribution in [0.25, 0.3) is 0 Å². The van der Waals surface area contributed by atoms with Gasteiger partial charge in [-0.25, -0.2) is 4.79 Å². The number of hydrogen-bond acceptors (Lipinski definition) is 2. The van der Waals surface area contributed by atoms with E-state index in [1.807, 2.05) is 6.08 Å². The number of likely N-dealkylation sites (N-methyl/N-ethyl adjacent to an activating group) is 1. The molecule has 0 radical (unpaired) electrons. The fourth-order valence-electron chi connectivity index (χ4n) is 3.20. The van der Waals surface area contributed by atoms with Gasteiger partial charge in [-0.2, -0.15) is 0 Å². The van der Waals surface area contributed by atoms with Gasteiger partial charge in [0, 0.05) is 0 Å². The Morgan fingerprint density at radius 3 is 1.72 bits per heavy atom. The Labute approximate surface area is 155 Å². The fourth-order valence-corrected chi connectivity index (χ4v) is 3.20. The Kier molecular flexibility index (Phi) is 13.8. The summed E-state index contributed by atoms with van der Waals surface area (Å²) in [5.41, 5.74) is 0. The normalized spacial score (nSPS) is 14.8. The van der Waals surface area contributed by atoms with Gasteiger partial charge in [0.15, 0.2) is 0 Å². The van der Waals surface area contributed by atoms with Crippen LogP contribution in [-0.2, 0) is 4.79 Å². The maximum atomic E-state index is 11.3. The molecule has 0 rings (SSSR count). The van der Waals surface area contributed by atoms with E-state index in [0.717, 1.165) is 12.8 Å². The summed E-state index contributed by atoms with van der Waals surface area (Å²) in [6.07, 6.45) is 18.1. The van der Waals surface area contributed by atoms with Crippen LogP contribution in [0.5, 0.6) is 0 Å². The maximum Gasteiger partial charge on any atom is 0.365 e. The quantitative estimate of drug-likeness (QED) is 0.238. The number of unbranched alkanes of at least 4 members (excludes halogenated alkanes) is 11. The smallest absolute Gasteiger partial charge is 0.365 e. The Morgan fingerprint density at radius 2 is 1.32 bits per heavy atom. The molecule has 0 unspecified atom stereocenters. The van der Waals surface area contributed by atoms with Crippen LogP contribution in [0.3, 0.4) is 0 Å². The fraction of sp³-hybridized carbons (Fsp3) is 0.857. The van der Waals surface area contributed by atoms with Crippen molar-refractivity contribution in [3.05, 3.63) is 12.2 Å². The van der Waals surface area contributed by atoms with Crippen LogP contribution in [0.1, 0.15) is 84.0 Å². The molecule has 0 aromatic heterocycles. The molecule has 25 heavy (non-hydrogen) atoms. The highest BCUT2D eigenvalue weighted by Crippen LogP contribution is 2.13. The van der Waals surface area contributed by atoms with Crippen LogP contribution in [0.2, 0.25) is 0 Å². The van der Waals surface area contributed by atoms with Gasteiger partial charge in [-0.05, 0) is 12.8 Å². The lowest BCUT2D eigenvalue weighted by atomic mass is 10.0. The molecule has 0 heterocycles. The summed E-state index contributed by atoms with van der Waals surface area (Å²) in [5.74, 6) is -0.959. The number of carbonyl (C=O) groups is 1. The lowest BCUT2D eigenvalue weighted by molar-refractivity contribution is -0.890. The van der Waals surface area contributed by atoms with Crippen molar-refractivity contribution in [1.82, 2.24) is 0 Å². The Balaban J connectivity index is 3.67. The van der Waals surface area contributed by atoms with E-state index in [4.69, 9.17) is 0 Å². The summed E-state index contributed by atoms with van der Waals surface area (Å²) < 4.78 is 0.208. The van der Waals surface area contributed by atoms with Gasteiger partial charge in [-0.1, -0.05) is 83.3 Å². The number of nitrogens with zero attached hydrogens (tertiary/aromatic N) is 1. The van der Waals surface area contributed by atoms with Crippen molar-refractivity contribution in [3.8, 4) is 0 Å². The predicted molar refractivity (Wildman–Crippen MR) is 106 cm³/mol. The van der Waals surface area contributed by atoms with Gasteiger partial charge < -0.3 is 14.7 Å². The number of hydrogen-bond donors (Lipinski definition) is 2. The van der Waals surface area contributed by atoms with E-state index in [2.05, 4.69) is 6.92 Å². The number of carboxylic acids is 1. The van der Waals surface area contributed by atoms with Crippen molar-refractivity contribution in [3.63, 3.8) is 0 Å². The molecule has 2 atom stereocenters. The van der Waals surface area contributed by atoms with Gasteiger partial charge >= 0.3 is 5.97 Å². The van der Waals surface area contributed by atoms with Gasteiger partial charge in [0.1, 0.15) is 6.10 Å². The monoisotopic (exact) mass is 356 g/mol. The second kappa shape index (κ2) is 14.3. The molecule has 0 bridgehead atoms. The van der Waals surface area contributed by atoms with Gasteiger partial charge in [0.2, 0.25) is 6.04 Å². The molecule has 0 saturated heterocycles. The van der Waals surface area contributed by atoms with Crippen molar-refractivity contribution in [2.75, 3.05) is 21.1 Å². The first-order chi connectivity index (χ1) is 11.8. The van der Waals surface area contributed by atoms with Gasteiger partial charge in [0.25, 0.3) is 0 Å². The molecular weight excluding hydrogens is 314 g/mol. The molecular formula is C21H42NO3+. The zero-order valence-electron chi connectivity index (χ0n) is 17.0. The van der Waals surface area contributed by atoms with Crippen molar-refractivity contribution < 1.29 is 19.5 Å². The lowest BCUT2D eigenvalue weighted by Gasteiger charge is -2.32. The van der Waals surface area contributed by atoms with Gasteiger partial charge in [0.05, 0.1) is 21.1 Å². The minimum absolute atomic E-state index is 0.208. The molecule has 2 N–H and O–H groups in total. The minimum atomic E-state index is -0.959. The molecule has 0 aliphatic rings. The van der Waals surface area contributed by atoms with Gasteiger partial charge in [-0.3, -0.25) is 0 Å². The summed E-state index contributed by atoms with van der Waals surface area (Å²) in [6, 6.07) is -0.825. The van der Waals surface area contributed by atoms with Crippen molar-refractivity contribution in [2.45, 2.75) is 96.1 Å². The SMILES string of the molecule is CCCCCCCCCCCCC/C=C/[C@@H](O)[C@H](C(=O)O)[N+](C)(C)C. The van der Waals surface area contributed by atoms with Crippen LogP contribution in [0.15, 0.2) is 12.2 Å². The van der Waals surface area contributed by atoms with Crippen LogP contribution in [0.4, 0.5) is 0 Å². The van der Waals surface area contributed by atoms with Crippen LogP contribution in [-0.4, -0.2) is 54.0 Å². The molecule has 0 fully saturated rings. The number of rotatable bonds is 16. The Hall–Kier alpha value is -0.870. The molecule has 0 aliphatic carbocycles. The Bertz CT molecular complexity index is 361.